The predicted octanol–water partition coefficient (Wildman–Crippen LogP) is 3.64. The summed E-state index contributed by atoms with van der Waals surface area (Å²) in [6.45, 7) is 8.15. The first-order valence-electron chi connectivity index (χ1n) is 8.86. The minimum absolute atomic E-state index is 0.0754. The number of ether oxygens (including phenoxy) is 1. The third-order valence-electron chi connectivity index (χ3n) is 4.59. The highest BCUT2D eigenvalue weighted by Gasteiger charge is 2.23. The Balaban J connectivity index is 1.70. The molecule has 0 radical (unpaired) electrons. The van der Waals surface area contributed by atoms with E-state index in [0.717, 1.165) is 52.1 Å². The predicted molar refractivity (Wildman–Crippen MR) is 93.7 cm³/mol. The summed E-state index contributed by atoms with van der Waals surface area (Å²) in [7, 11) is 0. The molecule has 2 rings (SSSR count). The summed E-state index contributed by atoms with van der Waals surface area (Å²) in [5.74, 6) is 0.946. The van der Waals surface area contributed by atoms with Gasteiger partial charge >= 0.3 is 6.03 Å². The van der Waals surface area contributed by atoms with Crippen LogP contribution in [0.2, 0.25) is 0 Å². The summed E-state index contributed by atoms with van der Waals surface area (Å²) in [6, 6.07) is 10.5. The van der Waals surface area contributed by atoms with E-state index >= 15 is 0 Å². The van der Waals surface area contributed by atoms with E-state index in [1.54, 1.807) is 0 Å². The second-order valence-electron chi connectivity index (χ2n) is 6.45. The Morgan fingerprint density at radius 1 is 1.39 bits per heavy atom. The van der Waals surface area contributed by atoms with Crippen LogP contribution in [0.3, 0.4) is 0 Å². The standard InChI is InChI=1S/C19H30N2O2/c1-3-23-15-17-8-7-13-21(14-17)19(22)20-12-11-16(2)18-9-5-4-6-10-18/h4-6,9-10,16-17H,3,7-8,11-15H2,1-2H3,(H,20,22)/t16-,17-/m1/s1. The number of nitrogens with zero attached hydrogens (tertiary/aromatic N) is 1. The Kier molecular flexibility index (Phi) is 7.40. The van der Waals surface area contributed by atoms with Crippen molar-refractivity contribution in [3.63, 3.8) is 0 Å². The van der Waals surface area contributed by atoms with Crippen molar-refractivity contribution in [3.05, 3.63) is 35.9 Å². The monoisotopic (exact) mass is 318 g/mol. The molecule has 23 heavy (non-hydrogen) atoms. The van der Waals surface area contributed by atoms with Crippen LogP contribution in [0.25, 0.3) is 0 Å². The maximum atomic E-state index is 12.3. The minimum Gasteiger partial charge on any atom is -0.381 e. The van der Waals surface area contributed by atoms with Gasteiger partial charge in [0.05, 0.1) is 6.61 Å². The van der Waals surface area contributed by atoms with Crippen molar-refractivity contribution in [2.45, 2.75) is 39.0 Å². The molecule has 4 nitrogen and oxygen atoms in total. The van der Waals surface area contributed by atoms with Gasteiger partial charge in [-0.1, -0.05) is 37.3 Å². The van der Waals surface area contributed by atoms with Crippen LogP contribution in [-0.2, 0) is 4.74 Å². The quantitative estimate of drug-likeness (QED) is 0.834. The summed E-state index contributed by atoms with van der Waals surface area (Å²) in [4.78, 5) is 14.3. The Morgan fingerprint density at radius 2 is 2.17 bits per heavy atom. The molecule has 1 aliphatic rings. The van der Waals surface area contributed by atoms with Crippen LogP contribution in [0, 0.1) is 5.92 Å². The molecule has 1 heterocycles. The SMILES string of the molecule is CCOC[C@@H]1CCCN(C(=O)NCC[C@@H](C)c2ccccc2)C1. The molecule has 1 aromatic carbocycles. The van der Waals surface area contributed by atoms with Gasteiger partial charge in [0.15, 0.2) is 0 Å². The van der Waals surface area contributed by atoms with Gasteiger partial charge in [-0.15, -0.1) is 0 Å². The molecular weight excluding hydrogens is 288 g/mol. The lowest BCUT2D eigenvalue weighted by Crippen LogP contribution is -2.46. The molecule has 0 spiro atoms. The molecule has 128 valence electrons. The second-order valence-corrected chi connectivity index (χ2v) is 6.45. The van der Waals surface area contributed by atoms with Gasteiger partial charge in [0, 0.05) is 32.2 Å². The highest BCUT2D eigenvalue weighted by atomic mass is 16.5. The fourth-order valence-electron chi connectivity index (χ4n) is 3.13. The largest absolute Gasteiger partial charge is 0.381 e. The first-order valence-corrected chi connectivity index (χ1v) is 8.86. The molecule has 4 heteroatoms. The summed E-state index contributed by atoms with van der Waals surface area (Å²) in [5.41, 5.74) is 1.33. The lowest BCUT2D eigenvalue weighted by molar-refractivity contribution is 0.0756. The molecular formula is C19H30N2O2. The maximum absolute atomic E-state index is 12.3. The summed E-state index contributed by atoms with van der Waals surface area (Å²) in [6.07, 6.45) is 3.20. The molecule has 0 unspecified atom stereocenters. The van der Waals surface area contributed by atoms with Crippen molar-refractivity contribution in [2.24, 2.45) is 5.92 Å². The van der Waals surface area contributed by atoms with Gasteiger partial charge < -0.3 is 15.0 Å². The number of hydrogen-bond donors (Lipinski definition) is 1. The Hall–Kier alpha value is -1.55. The van der Waals surface area contributed by atoms with Gasteiger partial charge in [0.2, 0.25) is 0 Å². The zero-order valence-corrected chi connectivity index (χ0v) is 14.5. The van der Waals surface area contributed by atoms with Crippen molar-refractivity contribution >= 4 is 6.03 Å². The average Bonchev–Trinajstić information content (AvgIpc) is 2.60. The van der Waals surface area contributed by atoms with E-state index in [-0.39, 0.29) is 6.03 Å². The third-order valence-corrected chi connectivity index (χ3v) is 4.59. The van der Waals surface area contributed by atoms with E-state index in [1.807, 2.05) is 17.9 Å². The van der Waals surface area contributed by atoms with Crippen molar-refractivity contribution in [2.75, 3.05) is 32.8 Å². The van der Waals surface area contributed by atoms with Gasteiger partial charge in [-0.25, -0.2) is 4.79 Å². The van der Waals surface area contributed by atoms with E-state index in [2.05, 4.69) is 36.5 Å². The fraction of sp³-hybridized carbons (Fsp3) is 0.632. The number of likely N-dealkylation sites (tertiary alicyclic amines) is 1. The fourth-order valence-corrected chi connectivity index (χ4v) is 3.13. The van der Waals surface area contributed by atoms with Gasteiger partial charge in [-0.05, 0) is 37.7 Å². The molecule has 0 saturated carbocycles. The zero-order valence-electron chi connectivity index (χ0n) is 14.5. The third kappa shape index (κ3) is 5.87. The molecule has 0 aromatic heterocycles. The minimum atomic E-state index is 0.0754. The molecule has 0 bridgehead atoms. The Labute approximate surface area is 140 Å². The molecule has 1 fully saturated rings. The van der Waals surface area contributed by atoms with Crippen LogP contribution in [0.5, 0.6) is 0 Å². The van der Waals surface area contributed by atoms with E-state index < -0.39 is 0 Å². The number of carbonyl (C=O) groups excluding carboxylic acids is 1. The van der Waals surface area contributed by atoms with Crippen LogP contribution >= 0.6 is 0 Å². The van der Waals surface area contributed by atoms with Crippen molar-refractivity contribution in [1.29, 1.82) is 0 Å². The topological polar surface area (TPSA) is 41.6 Å². The molecule has 1 saturated heterocycles. The van der Waals surface area contributed by atoms with E-state index in [9.17, 15) is 4.79 Å². The van der Waals surface area contributed by atoms with E-state index in [0.29, 0.717) is 11.8 Å². The van der Waals surface area contributed by atoms with Gasteiger partial charge in [-0.2, -0.15) is 0 Å². The Morgan fingerprint density at radius 3 is 2.91 bits per heavy atom. The van der Waals surface area contributed by atoms with Gasteiger partial charge in [0.1, 0.15) is 0 Å². The number of amides is 2. The average molecular weight is 318 g/mol. The highest BCUT2D eigenvalue weighted by Crippen LogP contribution is 2.19. The number of carbonyl (C=O) groups is 1. The number of rotatable bonds is 7. The van der Waals surface area contributed by atoms with E-state index in [4.69, 9.17) is 4.74 Å². The maximum Gasteiger partial charge on any atom is 0.317 e. The van der Waals surface area contributed by atoms with Crippen LogP contribution in [-0.4, -0.2) is 43.8 Å². The first kappa shape index (κ1) is 17.8. The van der Waals surface area contributed by atoms with Gasteiger partial charge in [0.25, 0.3) is 0 Å². The molecule has 2 amide bonds. The smallest absolute Gasteiger partial charge is 0.317 e. The summed E-state index contributed by atoms with van der Waals surface area (Å²) < 4.78 is 5.50. The lowest BCUT2D eigenvalue weighted by atomic mass is 9.98. The highest BCUT2D eigenvalue weighted by molar-refractivity contribution is 5.74. The number of benzene rings is 1. The van der Waals surface area contributed by atoms with E-state index in [1.165, 1.54) is 5.56 Å². The number of nitrogens with one attached hydrogen (secondary N) is 1. The first-order chi connectivity index (χ1) is 11.2. The second kappa shape index (κ2) is 9.56. The molecule has 1 N–H and O–H groups in total. The van der Waals surface area contributed by atoms with Crippen LogP contribution in [0.4, 0.5) is 4.79 Å². The van der Waals surface area contributed by atoms with Gasteiger partial charge in [-0.3, -0.25) is 0 Å². The van der Waals surface area contributed by atoms with Crippen LogP contribution in [0.1, 0.15) is 44.6 Å². The number of hydrogen-bond acceptors (Lipinski definition) is 2. The van der Waals surface area contributed by atoms with Crippen LogP contribution in [0.15, 0.2) is 30.3 Å². The van der Waals surface area contributed by atoms with Crippen LogP contribution < -0.4 is 5.32 Å². The van der Waals surface area contributed by atoms with Crippen molar-refractivity contribution in [1.82, 2.24) is 10.2 Å². The Bertz CT molecular complexity index is 464. The van der Waals surface area contributed by atoms with Crippen molar-refractivity contribution in [3.8, 4) is 0 Å². The zero-order chi connectivity index (χ0) is 16.5. The summed E-state index contributed by atoms with van der Waals surface area (Å²) in [5, 5.41) is 3.08. The van der Waals surface area contributed by atoms with Crippen molar-refractivity contribution < 1.29 is 9.53 Å². The molecule has 2 atom stereocenters. The lowest BCUT2D eigenvalue weighted by Gasteiger charge is -2.32. The molecule has 1 aromatic rings. The number of urea groups is 1. The normalized spacial score (nSPS) is 19.4. The summed E-state index contributed by atoms with van der Waals surface area (Å²) >= 11 is 0. The molecule has 1 aliphatic heterocycles. The molecule has 0 aliphatic carbocycles. The number of piperidine rings is 1.